The number of nitrogens with zero attached hydrogens (tertiary/aromatic N) is 2. The Bertz CT molecular complexity index is 533. The Morgan fingerprint density at radius 1 is 1.15 bits per heavy atom. The van der Waals surface area contributed by atoms with Crippen LogP contribution in [0.25, 0.3) is 0 Å². The zero-order chi connectivity index (χ0) is 13.8. The van der Waals surface area contributed by atoms with Crippen molar-refractivity contribution in [3.63, 3.8) is 0 Å². The van der Waals surface area contributed by atoms with E-state index < -0.39 is 0 Å². The summed E-state index contributed by atoms with van der Waals surface area (Å²) in [5, 5.41) is 0.587. The van der Waals surface area contributed by atoms with Gasteiger partial charge < -0.3 is 9.47 Å². The van der Waals surface area contributed by atoms with Crippen LogP contribution in [0.1, 0.15) is 36.9 Å². The van der Waals surface area contributed by atoms with E-state index in [0.717, 1.165) is 51.1 Å². The molecule has 3 heterocycles. The van der Waals surface area contributed by atoms with Gasteiger partial charge in [-0.15, -0.1) is 0 Å². The molecule has 4 rings (SSSR count). The van der Waals surface area contributed by atoms with Gasteiger partial charge in [0.15, 0.2) is 5.79 Å². The van der Waals surface area contributed by atoms with Crippen LogP contribution in [0.2, 0.25) is 5.15 Å². The largest absolute Gasteiger partial charge is 0.348 e. The van der Waals surface area contributed by atoms with Crippen LogP contribution >= 0.6 is 11.6 Å². The lowest BCUT2D eigenvalue weighted by Gasteiger charge is -2.45. The van der Waals surface area contributed by atoms with Crippen LogP contribution in [0.4, 0.5) is 0 Å². The predicted octanol–water partition coefficient (Wildman–Crippen LogP) is 2.69. The Morgan fingerprint density at radius 2 is 1.85 bits per heavy atom. The molecule has 0 amide bonds. The van der Waals surface area contributed by atoms with Crippen LogP contribution < -0.4 is 0 Å². The van der Waals surface area contributed by atoms with E-state index in [4.69, 9.17) is 21.1 Å². The second kappa shape index (κ2) is 4.41. The first-order valence-electron chi connectivity index (χ1n) is 7.29. The molecule has 108 valence electrons. The molecule has 0 radical (unpaired) electrons. The van der Waals surface area contributed by atoms with E-state index in [-0.39, 0.29) is 11.3 Å². The fraction of sp³-hybridized carbons (Fsp3) is 0.667. The second-order valence-electron chi connectivity index (χ2n) is 6.12. The predicted molar refractivity (Wildman–Crippen MR) is 75.5 cm³/mol. The highest BCUT2D eigenvalue weighted by Gasteiger charge is 2.51. The van der Waals surface area contributed by atoms with Crippen LogP contribution in [0.5, 0.6) is 0 Å². The molecule has 1 saturated carbocycles. The molecule has 1 aromatic heterocycles. The number of fused-ring (bicyclic) bond motifs is 2. The van der Waals surface area contributed by atoms with Gasteiger partial charge in [0.05, 0.1) is 18.9 Å². The van der Waals surface area contributed by atoms with E-state index in [1.54, 1.807) is 0 Å². The maximum absolute atomic E-state index is 6.03. The summed E-state index contributed by atoms with van der Waals surface area (Å²) >= 11 is 6.03. The van der Waals surface area contributed by atoms with Gasteiger partial charge in [-0.05, 0) is 31.5 Å². The number of rotatable bonds is 0. The first-order chi connectivity index (χ1) is 9.64. The number of ether oxygens (including phenoxy) is 2. The average Bonchev–Trinajstić information content (AvgIpc) is 2.98. The third-order valence-electron chi connectivity index (χ3n) is 5.21. The fourth-order valence-electron chi connectivity index (χ4n) is 4.08. The van der Waals surface area contributed by atoms with Gasteiger partial charge in [-0.25, -0.2) is 4.98 Å². The molecular weight excluding hydrogens is 276 g/mol. The summed E-state index contributed by atoms with van der Waals surface area (Å²) in [6, 6.07) is 4.07. The summed E-state index contributed by atoms with van der Waals surface area (Å²) in [6.45, 7) is 2.35. The van der Waals surface area contributed by atoms with Crippen molar-refractivity contribution in [3.05, 3.63) is 28.5 Å². The van der Waals surface area contributed by atoms with Gasteiger partial charge in [0.25, 0.3) is 0 Å². The first-order valence-corrected chi connectivity index (χ1v) is 7.67. The van der Waals surface area contributed by atoms with E-state index in [1.807, 2.05) is 6.07 Å². The van der Waals surface area contributed by atoms with E-state index in [2.05, 4.69) is 23.0 Å². The molecule has 20 heavy (non-hydrogen) atoms. The van der Waals surface area contributed by atoms with Crippen molar-refractivity contribution in [2.75, 3.05) is 20.3 Å². The summed E-state index contributed by atoms with van der Waals surface area (Å²) in [4.78, 5) is 6.92. The molecule has 2 spiro atoms. The van der Waals surface area contributed by atoms with Gasteiger partial charge in [-0.3, -0.25) is 4.90 Å². The minimum atomic E-state index is -0.311. The molecule has 1 aliphatic carbocycles. The van der Waals surface area contributed by atoms with E-state index >= 15 is 0 Å². The maximum atomic E-state index is 6.03. The summed E-state index contributed by atoms with van der Waals surface area (Å²) < 4.78 is 11.7. The fourth-order valence-corrected chi connectivity index (χ4v) is 4.25. The molecule has 1 aromatic rings. The summed E-state index contributed by atoms with van der Waals surface area (Å²) in [5.41, 5.74) is 2.56. The van der Waals surface area contributed by atoms with Crippen molar-refractivity contribution in [2.45, 2.75) is 43.6 Å². The molecule has 0 bridgehead atoms. The van der Waals surface area contributed by atoms with Gasteiger partial charge in [-0.2, -0.15) is 0 Å². The molecule has 0 N–H and O–H groups in total. The molecule has 1 saturated heterocycles. The standard InChI is InChI=1S/C15H19ClN2O2/c1-18-10-12-11(2-3-13(16)17-12)14(18)4-6-15(7-5-14)19-8-9-20-15/h2-3H,4-10H2,1H3. The number of pyridine rings is 1. The van der Waals surface area contributed by atoms with Crippen molar-refractivity contribution in [1.82, 2.24) is 9.88 Å². The van der Waals surface area contributed by atoms with Gasteiger partial charge in [0.2, 0.25) is 0 Å². The molecule has 0 unspecified atom stereocenters. The quantitative estimate of drug-likeness (QED) is 0.689. The first kappa shape index (κ1) is 13.0. The minimum Gasteiger partial charge on any atom is -0.348 e. The lowest BCUT2D eigenvalue weighted by Crippen LogP contribution is -2.47. The van der Waals surface area contributed by atoms with Crippen LogP contribution in [-0.2, 0) is 21.6 Å². The van der Waals surface area contributed by atoms with E-state index in [0.29, 0.717) is 5.15 Å². The number of aromatic nitrogens is 1. The average molecular weight is 295 g/mol. The summed E-state index contributed by atoms with van der Waals surface area (Å²) in [6.07, 6.45) is 4.03. The smallest absolute Gasteiger partial charge is 0.168 e. The third kappa shape index (κ3) is 1.75. The van der Waals surface area contributed by atoms with Gasteiger partial charge in [0, 0.05) is 24.9 Å². The lowest BCUT2D eigenvalue weighted by atomic mass is 9.75. The molecule has 5 heteroatoms. The van der Waals surface area contributed by atoms with Crippen molar-refractivity contribution < 1.29 is 9.47 Å². The topological polar surface area (TPSA) is 34.6 Å². The molecule has 2 fully saturated rings. The zero-order valence-corrected chi connectivity index (χ0v) is 12.4. The molecule has 0 aromatic carbocycles. The normalized spacial score (nSPS) is 27.3. The lowest BCUT2D eigenvalue weighted by molar-refractivity contribution is -0.193. The molecule has 0 atom stereocenters. The Morgan fingerprint density at radius 3 is 2.55 bits per heavy atom. The SMILES string of the molecule is CN1Cc2nc(Cl)ccc2C12CCC1(CC2)OCCO1. The highest BCUT2D eigenvalue weighted by atomic mass is 35.5. The van der Waals surface area contributed by atoms with Crippen LogP contribution in [0, 0.1) is 0 Å². The molecular formula is C15H19ClN2O2. The van der Waals surface area contributed by atoms with Crippen LogP contribution in [-0.4, -0.2) is 35.9 Å². The van der Waals surface area contributed by atoms with Crippen molar-refractivity contribution in [3.8, 4) is 0 Å². The van der Waals surface area contributed by atoms with E-state index in [9.17, 15) is 0 Å². The molecule has 3 aliphatic rings. The summed E-state index contributed by atoms with van der Waals surface area (Å²) in [5.74, 6) is -0.311. The molecule has 4 nitrogen and oxygen atoms in total. The van der Waals surface area contributed by atoms with Crippen LogP contribution in [0.3, 0.4) is 0 Å². The van der Waals surface area contributed by atoms with Gasteiger partial charge in [-0.1, -0.05) is 17.7 Å². The Balaban J connectivity index is 1.66. The zero-order valence-electron chi connectivity index (χ0n) is 11.7. The van der Waals surface area contributed by atoms with Gasteiger partial charge in [0.1, 0.15) is 5.15 Å². The number of hydrogen-bond acceptors (Lipinski definition) is 4. The highest BCUT2D eigenvalue weighted by Crippen LogP contribution is 2.51. The Hall–Kier alpha value is -0.680. The van der Waals surface area contributed by atoms with E-state index in [1.165, 1.54) is 5.56 Å². The second-order valence-corrected chi connectivity index (χ2v) is 6.51. The van der Waals surface area contributed by atoms with Crippen molar-refractivity contribution >= 4 is 11.6 Å². The van der Waals surface area contributed by atoms with Crippen molar-refractivity contribution in [2.24, 2.45) is 0 Å². The maximum Gasteiger partial charge on any atom is 0.168 e. The third-order valence-corrected chi connectivity index (χ3v) is 5.42. The Kier molecular flexibility index (Phi) is 2.87. The van der Waals surface area contributed by atoms with Crippen LogP contribution in [0.15, 0.2) is 12.1 Å². The van der Waals surface area contributed by atoms with Crippen molar-refractivity contribution in [1.29, 1.82) is 0 Å². The van der Waals surface area contributed by atoms with Gasteiger partial charge >= 0.3 is 0 Å². The minimum absolute atomic E-state index is 0.0908. The summed E-state index contributed by atoms with van der Waals surface area (Å²) in [7, 11) is 2.18. The highest BCUT2D eigenvalue weighted by molar-refractivity contribution is 6.29. The number of hydrogen-bond donors (Lipinski definition) is 0. The Labute approximate surface area is 124 Å². The number of halogens is 1. The monoisotopic (exact) mass is 294 g/mol. The molecule has 2 aliphatic heterocycles.